The molecule has 0 saturated carbocycles. The molecule has 17 heavy (non-hydrogen) atoms. The van der Waals surface area contributed by atoms with Crippen LogP contribution in [-0.4, -0.2) is 23.5 Å². The minimum atomic E-state index is -0.912. The number of carbonyl (C=O) groups is 2. The van der Waals surface area contributed by atoms with E-state index in [1.54, 1.807) is 6.07 Å². The van der Waals surface area contributed by atoms with Gasteiger partial charge in [0.15, 0.2) is 0 Å². The fourth-order valence-electron chi connectivity index (χ4n) is 1.47. The van der Waals surface area contributed by atoms with Gasteiger partial charge < -0.3 is 10.0 Å². The Morgan fingerprint density at radius 2 is 2.06 bits per heavy atom. The van der Waals surface area contributed by atoms with E-state index in [1.807, 2.05) is 19.1 Å². The second-order valence-corrected chi connectivity index (χ2v) is 4.60. The highest BCUT2D eigenvalue weighted by Crippen LogP contribution is 2.23. The summed E-state index contributed by atoms with van der Waals surface area (Å²) in [4.78, 5) is 23.5. The molecule has 0 aliphatic carbocycles. The SMILES string of the molecule is CC(=O)N(CCC(=O)O)c1ccc(Br)c(C)c1. The van der Waals surface area contributed by atoms with Crippen LogP contribution in [0.5, 0.6) is 0 Å². The molecule has 92 valence electrons. The molecule has 0 aliphatic heterocycles. The summed E-state index contributed by atoms with van der Waals surface area (Å²) >= 11 is 3.38. The second-order valence-electron chi connectivity index (χ2n) is 3.75. The number of carboxylic acids is 1. The Hall–Kier alpha value is -1.36. The predicted molar refractivity (Wildman–Crippen MR) is 69.2 cm³/mol. The van der Waals surface area contributed by atoms with Crippen LogP contribution in [0, 0.1) is 6.92 Å². The van der Waals surface area contributed by atoms with E-state index in [0.717, 1.165) is 15.7 Å². The maximum absolute atomic E-state index is 11.5. The van der Waals surface area contributed by atoms with Gasteiger partial charge in [-0.2, -0.15) is 0 Å². The van der Waals surface area contributed by atoms with Gasteiger partial charge in [0.2, 0.25) is 5.91 Å². The summed E-state index contributed by atoms with van der Waals surface area (Å²) in [7, 11) is 0. The molecule has 1 N–H and O–H groups in total. The third kappa shape index (κ3) is 3.85. The Bertz CT molecular complexity index is 445. The van der Waals surface area contributed by atoms with E-state index in [9.17, 15) is 9.59 Å². The lowest BCUT2D eigenvalue weighted by molar-refractivity contribution is -0.136. The Morgan fingerprint density at radius 3 is 2.53 bits per heavy atom. The van der Waals surface area contributed by atoms with Crippen molar-refractivity contribution in [3.05, 3.63) is 28.2 Å². The van der Waals surface area contributed by atoms with Crippen molar-refractivity contribution in [1.29, 1.82) is 0 Å². The molecule has 0 spiro atoms. The van der Waals surface area contributed by atoms with Crippen molar-refractivity contribution in [3.8, 4) is 0 Å². The smallest absolute Gasteiger partial charge is 0.305 e. The van der Waals surface area contributed by atoms with Crippen molar-refractivity contribution in [2.45, 2.75) is 20.3 Å². The van der Waals surface area contributed by atoms with Crippen molar-refractivity contribution in [3.63, 3.8) is 0 Å². The summed E-state index contributed by atoms with van der Waals surface area (Å²) in [5.41, 5.74) is 1.73. The van der Waals surface area contributed by atoms with Crippen LogP contribution in [0.3, 0.4) is 0 Å². The molecule has 0 saturated heterocycles. The van der Waals surface area contributed by atoms with Gasteiger partial charge in [0.05, 0.1) is 6.42 Å². The van der Waals surface area contributed by atoms with Gasteiger partial charge in [-0.3, -0.25) is 9.59 Å². The highest BCUT2D eigenvalue weighted by atomic mass is 79.9. The number of hydrogen-bond donors (Lipinski definition) is 1. The van der Waals surface area contributed by atoms with Crippen LogP contribution in [0.15, 0.2) is 22.7 Å². The maximum Gasteiger partial charge on any atom is 0.305 e. The minimum absolute atomic E-state index is 0.0608. The summed E-state index contributed by atoms with van der Waals surface area (Å²) in [6, 6.07) is 5.50. The monoisotopic (exact) mass is 299 g/mol. The Kier molecular flexibility index (Phi) is 4.69. The number of carboxylic acid groups (broad SMARTS) is 1. The molecule has 1 aromatic rings. The molecule has 0 aliphatic rings. The number of benzene rings is 1. The van der Waals surface area contributed by atoms with Gasteiger partial charge in [0.1, 0.15) is 0 Å². The molecule has 0 heterocycles. The van der Waals surface area contributed by atoms with Crippen molar-refractivity contribution < 1.29 is 14.7 Å². The molecular formula is C12H14BrNO3. The summed E-state index contributed by atoms with van der Waals surface area (Å²) in [6.07, 6.45) is -0.0608. The first-order chi connectivity index (χ1) is 7.91. The molecule has 0 radical (unpaired) electrons. The van der Waals surface area contributed by atoms with E-state index < -0.39 is 5.97 Å². The number of amides is 1. The van der Waals surface area contributed by atoms with Crippen LogP contribution in [0.25, 0.3) is 0 Å². The number of rotatable bonds is 4. The van der Waals surface area contributed by atoms with E-state index in [1.165, 1.54) is 11.8 Å². The first-order valence-electron chi connectivity index (χ1n) is 5.18. The molecule has 1 rings (SSSR count). The summed E-state index contributed by atoms with van der Waals surface area (Å²) < 4.78 is 0.961. The Balaban J connectivity index is 2.93. The highest BCUT2D eigenvalue weighted by molar-refractivity contribution is 9.10. The summed E-state index contributed by atoms with van der Waals surface area (Å²) in [5, 5.41) is 8.64. The van der Waals surface area contributed by atoms with Crippen LogP contribution >= 0.6 is 15.9 Å². The number of nitrogens with zero attached hydrogens (tertiary/aromatic N) is 1. The summed E-state index contributed by atoms with van der Waals surface area (Å²) in [6.45, 7) is 3.54. The quantitative estimate of drug-likeness (QED) is 0.930. The molecule has 5 heteroatoms. The van der Waals surface area contributed by atoms with Gasteiger partial charge in [-0.05, 0) is 30.7 Å². The zero-order valence-corrected chi connectivity index (χ0v) is 11.3. The number of halogens is 1. The zero-order valence-electron chi connectivity index (χ0n) is 9.74. The first kappa shape index (κ1) is 13.7. The van der Waals surface area contributed by atoms with Crippen LogP contribution in [0.2, 0.25) is 0 Å². The summed E-state index contributed by atoms with van der Waals surface area (Å²) in [5.74, 6) is -1.07. The van der Waals surface area contributed by atoms with Gasteiger partial charge in [-0.25, -0.2) is 0 Å². The van der Waals surface area contributed by atoms with Crippen LogP contribution in [0.1, 0.15) is 18.9 Å². The van der Waals surface area contributed by atoms with Crippen LogP contribution in [0.4, 0.5) is 5.69 Å². The largest absolute Gasteiger partial charge is 0.481 e. The lowest BCUT2D eigenvalue weighted by atomic mass is 10.2. The average molecular weight is 300 g/mol. The fourth-order valence-corrected chi connectivity index (χ4v) is 1.72. The normalized spacial score (nSPS) is 10.1. The number of aliphatic carboxylic acids is 1. The second kappa shape index (κ2) is 5.82. The van der Waals surface area contributed by atoms with E-state index >= 15 is 0 Å². The first-order valence-corrected chi connectivity index (χ1v) is 5.97. The lowest BCUT2D eigenvalue weighted by Gasteiger charge is -2.21. The van der Waals surface area contributed by atoms with Crippen molar-refractivity contribution in [2.24, 2.45) is 0 Å². The van der Waals surface area contributed by atoms with E-state index in [2.05, 4.69) is 15.9 Å². The predicted octanol–water partition coefficient (Wildman–Crippen LogP) is 2.59. The zero-order chi connectivity index (χ0) is 13.0. The van der Waals surface area contributed by atoms with Crippen LogP contribution < -0.4 is 4.90 Å². The van der Waals surface area contributed by atoms with Gasteiger partial charge in [-0.1, -0.05) is 15.9 Å². The third-order valence-electron chi connectivity index (χ3n) is 2.38. The molecule has 0 aromatic heterocycles. The third-order valence-corrected chi connectivity index (χ3v) is 3.27. The van der Waals surface area contributed by atoms with Gasteiger partial charge in [0.25, 0.3) is 0 Å². The Labute approximate surface area is 108 Å². The van der Waals surface area contributed by atoms with Crippen molar-refractivity contribution in [2.75, 3.05) is 11.4 Å². The molecular weight excluding hydrogens is 286 g/mol. The molecule has 4 nitrogen and oxygen atoms in total. The van der Waals surface area contributed by atoms with Gasteiger partial charge >= 0.3 is 5.97 Å². The Morgan fingerprint density at radius 1 is 1.41 bits per heavy atom. The number of carbonyl (C=O) groups excluding carboxylic acids is 1. The van der Waals surface area contributed by atoms with Gasteiger partial charge in [0, 0.05) is 23.6 Å². The fraction of sp³-hybridized carbons (Fsp3) is 0.333. The highest BCUT2D eigenvalue weighted by Gasteiger charge is 2.13. The van der Waals surface area contributed by atoms with Gasteiger partial charge in [-0.15, -0.1) is 0 Å². The number of hydrogen-bond acceptors (Lipinski definition) is 2. The molecule has 1 amide bonds. The van der Waals surface area contributed by atoms with Crippen molar-refractivity contribution >= 4 is 33.5 Å². The molecule has 0 fully saturated rings. The van der Waals surface area contributed by atoms with Crippen molar-refractivity contribution in [1.82, 2.24) is 0 Å². The van der Waals surface area contributed by atoms with E-state index in [0.29, 0.717) is 0 Å². The average Bonchev–Trinajstić information content (AvgIpc) is 2.22. The number of aryl methyl sites for hydroxylation is 1. The molecule has 0 bridgehead atoms. The van der Waals surface area contributed by atoms with E-state index in [4.69, 9.17) is 5.11 Å². The topological polar surface area (TPSA) is 57.6 Å². The molecule has 0 atom stereocenters. The molecule has 1 aromatic carbocycles. The maximum atomic E-state index is 11.5. The van der Waals surface area contributed by atoms with E-state index in [-0.39, 0.29) is 18.9 Å². The molecule has 0 unspecified atom stereocenters. The standard InChI is InChI=1S/C12H14BrNO3/c1-8-7-10(3-4-11(8)13)14(9(2)15)6-5-12(16)17/h3-4,7H,5-6H2,1-2H3,(H,16,17). The van der Waals surface area contributed by atoms with Crippen LogP contribution in [-0.2, 0) is 9.59 Å². The number of anilines is 1. The minimum Gasteiger partial charge on any atom is -0.481 e. The lowest BCUT2D eigenvalue weighted by Crippen LogP contribution is -2.30.